The van der Waals surface area contributed by atoms with E-state index in [0.717, 1.165) is 28.4 Å². The molecule has 2 unspecified atom stereocenters. The maximum Gasteiger partial charge on any atom is 0.272 e. The average molecular weight is 456 g/mol. The quantitative estimate of drug-likeness (QED) is 0.376. The highest BCUT2D eigenvalue weighted by atomic mass is 16.6. The molecule has 3 aromatic carbocycles. The van der Waals surface area contributed by atoms with Crippen LogP contribution in [0.25, 0.3) is 0 Å². The first-order valence-corrected chi connectivity index (χ1v) is 11.2. The number of fused-ring (bicyclic) bond motifs is 1. The van der Waals surface area contributed by atoms with E-state index >= 15 is 0 Å². The second-order valence-corrected chi connectivity index (χ2v) is 8.71. The van der Waals surface area contributed by atoms with Gasteiger partial charge in [-0.25, -0.2) is 0 Å². The van der Waals surface area contributed by atoms with Crippen LogP contribution in [0.15, 0.2) is 78.0 Å². The van der Waals surface area contributed by atoms with Gasteiger partial charge in [0, 0.05) is 35.2 Å². The standard InChI is InChI=1S/C27H25N3O4/c1-16-11-12-17(14-23(16)30(32)33)27-26-22(28-20-8-4-5-9-21(20)29-27)13-18(15-24(26)31)19-7-3-6-10-25(19)34-2/h3-12,14,18,27-29H,13,15H2,1-2H3. The Morgan fingerprint density at radius 2 is 1.74 bits per heavy atom. The van der Waals surface area contributed by atoms with Crippen molar-refractivity contribution < 1.29 is 14.5 Å². The van der Waals surface area contributed by atoms with Gasteiger partial charge in [0.25, 0.3) is 5.69 Å². The molecular formula is C27H25N3O4. The number of nitro benzene ring substituents is 1. The van der Waals surface area contributed by atoms with Crippen molar-refractivity contribution in [2.75, 3.05) is 17.7 Å². The molecule has 7 nitrogen and oxygen atoms in total. The molecule has 1 aliphatic carbocycles. The van der Waals surface area contributed by atoms with Gasteiger partial charge in [0.15, 0.2) is 5.78 Å². The molecule has 0 fully saturated rings. The van der Waals surface area contributed by atoms with Crippen molar-refractivity contribution in [3.63, 3.8) is 0 Å². The summed E-state index contributed by atoms with van der Waals surface area (Å²) in [7, 11) is 1.64. The Morgan fingerprint density at radius 3 is 2.50 bits per heavy atom. The molecule has 0 saturated heterocycles. The number of allylic oxidation sites excluding steroid dienone is 1. The van der Waals surface area contributed by atoms with Gasteiger partial charge in [-0.05, 0) is 42.7 Å². The summed E-state index contributed by atoms with van der Waals surface area (Å²) < 4.78 is 5.56. The van der Waals surface area contributed by atoms with E-state index in [9.17, 15) is 14.9 Å². The van der Waals surface area contributed by atoms with E-state index in [1.807, 2.05) is 54.6 Å². The predicted octanol–water partition coefficient (Wildman–Crippen LogP) is 5.89. The lowest BCUT2D eigenvalue weighted by Crippen LogP contribution is -2.27. The fourth-order valence-corrected chi connectivity index (χ4v) is 4.97. The molecule has 1 heterocycles. The van der Waals surface area contributed by atoms with Crippen molar-refractivity contribution in [3.8, 4) is 5.75 Å². The number of Topliss-reactive ketones (excluding diaryl/α,β-unsaturated/α-hetero) is 1. The van der Waals surface area contributed by atoms with Crippen molar-refractivity contribution in [1.82, 2.24) is 0 Å². The molecule has 0 radical (unpaired) electrons. The Hall–Kier alpha value is -4.13. The lowest BCUT2D eigenvalue weighted by Gasteiger charge is -2.30. The average Bonchev–Trinajstić information content (AvgIpc) is 3.01. The van der Waals surface area contributed by atoms with E-state index in [0.29, 0.717) is 29.5 Å². The summed E-state index contributed by atoms with van der Waals surface area (Å²) in [6.45, 7) is 1.72. The van der Waals surface area contributed by atoms with E-state index in [4.69, 9.17) is 4.74 Å². The first kappa shape index (κ1) is 21.7. The molecule has 0 amide bonds. The maximum absolute atomic E-state index is 13.7. The molecule has 0 bridgehead atoms. The van der Waals surface area contributed by atoms with Crippen molar-refractivity contribution in [1.29, 1.82) is 0 Å². The Labute approximate surface area is 197 Å². The number of carbonyl (C=O) groups is 1. The zero-order chi connectivity index (χ0) is 23.8. The number of benzene rings is 3. The minimum Gasteiger partial charge on any atom is -0.496 e. The smallest absolute Gasteiger partial charge is 0.272 e. The van der Waals surface area contributed by atoms with E-state index in [1.165, 1.54) is 0 Å². The van der Waals surface area contributed by atoms with Crippen molar-refractivity contribution in [2.24, 2.45) is 0 Å². The third-order valence-electron chi connectivity index (χ3n) is 6.65. The van der Waals surface area contributed by atoms with Crippen molar-refractivity contribution in [3.05, 3.63) is 105 Å². The summed E-state index contributed by atoms with van der Waals surface area (Å²) in [4.78, 5) is 24.9. The highest BCUT2D eigenvalue weighted by molar-refractivity contribution is 6.01. The largest absolute Gasteiger partial charge is 0.496 e. The molecule has 172 valence electrons. The number of methoxy groups -OCH3 is 1. The van der Waals surface area contributed by atoms with Gasteiger partial charge in [-0.2, -0.15) is 0 Å². The monoisotopic (exact) mass is 455 g/mol. The van der Waals surface area contributed by atoms with Crippen LogP contribution in [0.2, 0.25) is 0 Å². The van der Waals surface area contributed by atoms with E-state index in [2.05, 4.69) is 10.6 Å². The van der Waals surface area contributed by atoms with Gasteiger partial charge in [0.05, 0.1) is 29.4 Å². The van der Waals surface area contributed by atoms with Crippen LogP contribution < -0.4 is 15.4 Å². The van der Waals surface area contributed by atoms with Crippen LogP contribution in [0.5, 0.6) is 5.75 Å². The third-order valence-corrected chi connectivity index (χ3v) is 6.65. The van der Waals surface area contributed by atoms with E-state index < -0.39 is 6.04 Å². The molecule has 7 heteroatoms. The Balaban J connectivity index is 1.64. The highest BCUT2D eigenvalue weighted by Crippen LogP contribution is 2.46. The number of nitrogens with zero attached hydrogens (tertiary/aromatic N) is 1. The van der Waals surface area contributed by atoms with Gasteiger partial charge in [0.1, 0.15) is 5.75 Å². The van der Waals surface area contributed by atoms with Crippen LogP contribution in [0, 0.1) is 17.0 Å². The number of rotatable bonds is 4. The Kier molecular flexibility index (Phi) is 5.53. The van der Waals surface area contributed by atoms with Gasteiger partial charge in [-0.1, -0.05) is 42.5 Å². The fourth-order valence-electron chi connectivity index (χ4n) is 4.97. The highest BCUT2D eigenvalue weighted by Gasteiger charge is 2.37. The van der Waals surface area contributed by atoms with Crippen LogP contribution in [-0.4, -0.2) is 17.8 Å². The first-order chi connectivity index (χ1) is 16.5. The minimum atomic E-state index is -0.503. The first-order valence-electron chi connectivity index (χ1n) is 11.2. The van der Waals surface area contributed by atoms with Crippen LogP contribution in [0.4, 0.5) is 17.1 Å². The summed E-state index contributed by atoms with van der Waals surface area (Å²) in [5, 5.41) is 18.6. The summed E-state index contributed by atoms with van der Waals surface area (Å²) in [5.41, 5.74) is 5.48. The summed E-state index contributed by atoms with van der Waals surface area (Å²) in [5.74, 6) is 0.744. The summed E-state index contributed by atoms with van der Waals surface area (Å²) in [6, 6.07) is 20.2. The summed E-state index contributed by atoms with van der Waals surface area (Å²) >= 11 is 0. The lowest BCUT2D eigenvalue weighted by molar-refractivity contribution is -0.385. The number of para-hydroxylation sites is 3. The van der Waals surface area contributed by atoms with Crippen molar-refractivity contribution in [2.45, 2.75) is 31.7 Å². The van der Waals surface area contributed by atoms with Crippen LogP contribution in [0.1, 0.15) is 41.5 Å². The molecule has 3 aromatic rings. The Morgan fingerprint density at radius 1 is 1.00 bits per heavy atom. The lowest BCUT2D eigenvalue weighted by atomic mass is 9.78. The fraction of sp³-hybridized carbons (Fsp3) is 0.222. The maximum atomic E-state index is 13.7. The topological polar surface area (TPSA) is 93.5 Å². The van der Waals surface area contributed by atoms with Gasteiger partial charge >= 0.3 is 0 Å². The number of hydrogen-bond donors (Lipinski definition) is 2. The molecule has 0 spiro atoms. The number of nitro groups is 1. The van der Waals surface area contributed by atoms with Gasteiger partial charge in [0.2, 0.25) is 0 Å². The molecule has 0 aromatic heterocycles. The van der Waals surface area contributed by atoms with Crippen molar-refractivity contribution >= 4 is 22.8 Å². The summed E-state index contributed by atoms with van der Waals surface area (Å²) in [6.07, 6.45) is 0.964. The molecule has 0 saturated carbocycles. The molecule has 1 aliphatic heterocycles. The van der Waals surface area contributed by atoms with Crippen LogP contribution in [0.3, 0.4) is 0 Å². The molecule has 2 N–H and O–H groups in total. The SMILES string of the molecule is COc1ccccc1C1CC(=O)C2=C(C1)Nc1ccccc1NC2c1ccc(C)c([N+](=O)[O-])c1. The van der Waals surface area contributed by atoms with E-state index in [-0.39, 0.29) is 22.3 Å². The normalized spacial score (nSPS) is 19.3. The third kappa shape index (κ3) is 3.79. The zero-order valence-electron chi connectivity index (χ0n) is 19.0. The van der Waals surface area contributed by atoms with Gasteiger partial charge < -0.3 is 15.4 Å². The number of ether oxygens (including phenoxy) is 1. The zero-order valence-corrected chi connectivity index (χ0v) is 19.0. The number of ketones is 1. The second-order valence-electron chi connectivity index (χ2n) is 8.71. The number of anilines is 2. The number of aryl methyl sites for hydroxylation is 1. The Bertz CT molecular complexity index is 1330. The second kappa shape index (κ2) is 8.67. The number of nitrogens with one attached hydrogen (secondary N) is 2. The van der Waals surface area contributed by atoms with Crippen LogP contribution >= 0.6 is 0 Å². The van der Waals surface area contributed by atoms with E-state index in [1.54, 1.807) is 26.2 Å². The molecule has 5 rings (SSSR count). The minimum absolute atomic E-state index is 0.0122. The predicted molar refractivity (Wildman–Crippen MR) is 131 cm³/mol. The van der Waals surface area contributed by atoms with Gasteiger partial charge in [-0.3, -0.25) is 14.9 Å². The molecular weight excluding hydrogens is 430 g/mol. The number of carbonyl (C=O) groups excluding carboxylic acids is 1. The molecule has 34 heavy (non-hydrogen) atoms. The van der Waals surface area contributed by atoms with Gasteiger partial charge in [-0.15, -0.1) is 0 Å². The van der Waals surface area contributed by atoms with Crippen LogP contribution in [-0.2, 0) is 4.79 Å². The number of hydrogen-bond acceptors (Lipinski definition) is 6. The molecule has 2 aliphatic rings. The molecule has 2 atom stereocenters.